The molecule has 1 rings (SSSR count). The van der Waals surface area contributed by atoms with Crippen molar-refractivity contribution in [1.29, 1.82) is 0 Å². The van der Waals surface area contributed by atoms with Crippen LogP contribution in [0.5, 0.6) is 0 Å². The van der Waals surface area contributed by atoms with Crippen LogP contribution in [0.2, 0.25) is 0 Å². The first-order valence-electron chi connectivity index (χ1n) is 4.28. The Hall–Kier alpha value is -1.12. The number of hydrogen-bond donors (Lipinski definition) is 1. The predicted octanol–water partition coefficient (Wildman–Crippen LogP) is 1.92. The standard InChI is InChI=1S/C9H15N3/c1-4-5-10-9-11-6-7(2)8(3)12-9/h6H,4-5H2,1-3H3,(H,10,11,12). The van der Waals surface area contributed by atoms with Gasteiger partial charge < -0.3 is 5.32 Å². The van der Waals surface area contributed by atoms with Gasteiger partial charge in [-0.25, -0.2) is 9.97 Å². The maximum absolute atomic E-state index is 4.29. The Labute approximate surface area is 73.2 Å². The molecule has 0 aliphatic rings. The van der Waals surface area contributed by atoms with Crippen LogP contribution in [0.4, 0.5) is 5.95 Å². The van der Waals surface area contributed by atoms with Crippen LogP contribution in [0.1, 0.15) is 24.6 Å². The van der Waals surface area contributed by atoms with Gasteiger partial charge in [-0.1, -0.05) is 6.92 Å². The van der Waals surface area contributed by atoms with Crippen LogP contribution in [0, 0.1) is 13.8 Å². The lowest BCUT2D eigenvalue weighted by Gasteiger charge is -2.04. The molecule has 0 spiro atoms. The average molecular weight is 165 g/mol. The Morgan fingerprint density at radius 2 is 2.17 bits per heavy atom. The van der Waals surface area contributed by atoms with E-state index in [1.807, 2.05) is 20.0 Å². The van der Waals surface area contributed by atoms with Crippen molar-refractivity contribution >= 4 is 5.95 Å². The molecule has 0 amide bonds. The molecular weight excluding hydrogens is 150 g/mol. The molecule has 0 aromatic carbocycles. The number of aromatic nitrogens is 2. The summed E-state index contributed by atoms with van der Waals surface area (Å²) in [4.78, 5) is 8.44. The molecule has 0 aliphatic heterocycles. The second-order valence-corrected chi connectivity index (χ2v) is 2.89. The summed E-state index contributed by atoms with van der Waals surface area (Å²) in [6.07, 6.45) is 2.94. The van der Waals surface area contributed by atoms with Crippen molar-refractivity contribution in [3.63, 3.8) is 0 Å². The molecule has 0 aliphatic carbocycles. The molecule has 0 bridgehead atoms. The van der Waals surface area contributed by atoms with Crippen molar-refractivity contribution in [2.75, 3.05) is 11.9 Å². The summed E-state index contributed by atoms with van der Waals surface area (Å²) < 4.78 is 0. The largest absolute Gasteiger partial charge is 0.354 e. The Balaban J connectivity index is 2.69. The Bertz CT molecular complexity index is 258. The number of aryl methyl sites for hydroxylation is 2. The summed E-state index contributed by atoms with van der Waals surface area (Å²) in [6, 6.07) is 0. The first kappa shape index (κ1) is 8.97. The van der Waals surface area contributed by atoms with Crippen molar-refractivity contribution in [3.8, 4) is 0 Å². The fourth-order valence-electron chi connectivity index (χ4n) is 0.849. The summed E-state index contributed by atoms with van der Waals surface area (Å²) >= 11 is 0. The maximum Gasteiger partial charge on any atom is 0.222 e. The monoisotopic (exact) mass is 165 g/mol. The molecule has 1 aromatic heterocycles. The van der Waals surface area contributed by atoms with Gasteiger partial charge in [-0.2, -0.15) is 0 Å². The average Bonchev–Trinajstić information content (AvgIpc) is 2.07. The van der Waals surface area contributed by atoms with Crippen LogP contribution in [-0.2, 0) is 0 Å². The lowest BCUT2D eigenvalue weighted by molar-refractivity contribution is 0.941. The highest BCUT2D eigenvalue weighted by atomic mass is 15.1. The zero-order chi connectivity index (χ0) is 8.97. The topological polar surface area (TPSA) is 37.8 Å². The van der Waals surface area contributed by atoms with E-state index in [0.717, 1.165) is 30.2 Å². The zero-order valence-corrected chi connectivity index (χ0v) is 7.89. The summed E-state index contributed by atoms with van der Waals surface area (Å²) in [5.41, 5.74) is 2.18. The Morgan fingerprint density at radius 1 is 1.42 bits per heavy atom. The van der Waals surface area contributed by atoms with Gasteiger partial charge in [0.25, 0.3) is 0 Å². The van der Waals surface area contributed by atoms with Gasteiger partial charge in [0.15, 0.2) is 0 Å². The van der Waals surface area contributed by atoms with Gasteiger partial charge >= 0.3 is 0 Å². The van der Waals surface area contributed by atoms with Crippen molar-refractivity contribution in [3.05, 3.63) is 17.5 Å². The van der Waals surface area contributed by atoms with E-state index in [-0.39, 0.29) is 0 Å². The van der Waals surface area contributed by atoms with Gasteiger partial charge in [0.2, 0.25) is 5.95 Å². The van der Waals surface area contributed by atoms with Gasteiger partial charge in [-0.05, 0) is 25.8 Å². The predicted molar refractivity (Wildman–Crippen MR) is 50.3 cm³/mol. The van der Waals surface area contributed by atoms with E-state index in [9.17, 15) is 0 Å². The van der Waals surface area contributed by atoms with E-state index in [4.69, 9.17) is 0 Å². The molecule has 12 heavy (non-hydrogen) atoms. The molecule has 0 fully saturated rings. The van der Waals surface area contributed by atoms with Crippen molar-refractivity contribution < 1.29 is 0 Å². The van der Waals surface area contributed by atoms with Gasteiger partial charge in [0.1, 0.15) is 0 Å². The first-order valence-corrected chi connectivity index (χ1v) is 4.28. The van der Waals surface area contributed by atoms with Crippen LogP contribution in [-0.4, -0.2) is 16.5 Å². The molecule has 0 radical (unpaired) electrons. The van der Waals surface area contributed by atoms with E-state index >= 15 is 0 Å². The fourth-order valence-corrected chi connectivity index (χ4v) is 0.849. The Kier molecular flexibility index (Phi) is 3.02. The van der Waals surface area contributed by atoms with Crippen molar-refractivity contribution in [1.82, 2.24) is 9.97 Å². The number of nitrogens with one attached hydrogen (secondary N) is 1. The minimum absolute atomic E-state index is 0.736. The number of nitrogens with zero attached hydrogens (tertiary/aromatic N) is 2. The van der Waals surface area contributed by atoms with Crippen molar-refractivity contribution in [2.24, 2.45) is 0 Å². The van der Waals surface area contributed by atoms with Crippen LogP contribution < -0.4 is 5.32 Å². The lowest BCUT2D eigenvalue weighted by atomic mass is 10.3. The number of hydrogen-bond acceptors (Lipinski definition) is 3. The third-order valence-electron chi connectivity index (χ3n) is 1.76. The second kappa shape index (κ2) is 4.04. The van der Waals surface area contributed by atoms with Gasteiger partial charge in [0, 0.05) is 18.4 Å². The van der Waals surface area contributed by atoms with E-state index in [0.29, 0.717) is 0 Å². The molecule has 1 N–H and O–H groups in total. The highest BCUT2D eigenvalue weighted by Gasteiger charge is 1.96. The summed E-state index contributed by atoms with van der Waals surface area (Å²) in [5.74, 6) is 0.736. The molecule has 3 heteroatoms. The van der Waals surface area contributed by atoms with E-state index in [1.54, 1.807) is 0 Å². The normalized spacial score (nSPS) is 9.92. The van der Waals surface area contributed by atoms with Crippen LogP contribution >= 0.6 is 0 Å². The number of anilines is 1. The van der Waals surface area contributed by atoms with Crippen LogP contribution in [0.25, 0.3) is 0 Å². The molecule has 0 saturated carbocycles. The minimum atomic E-state index is 0.736. The highest BCUT2D eigenvalue weighted by molar-refractivity contribution is 5.28. The van der Waals surface area contributed by atoms with E-state index < -0.39 is 0 Å². The van der Waals surface area contributed by atoms with Crippen molar-refractivity contribution in [2.45, 2.75) is 27.2 Å². The van der Waals surface area contributed by atoms with Crippen LogP contribution in [0.3, 0.4) is 0 Å². The quantitative estimate of drug-likeness (QED) is 0.743. The van der Waals surface area contributed by atoms with E-state index in [2.05, 4.69) is 22.2 Å². The molecule has 0 unspecified atom stereocenters. The maximum atomic E-state index is 4.29. The highest BCUT2D eigenvalue weighted by Crippen LogP contribution is 2.04. The minimum Gasteiger partial charge on any atom is -0.354 e. The molecule has 1 aromatic rings. The Morgan fingerprint density at radius 3 is 2.75 bits per heavy atom. The smallest absolute Gasteiger partial charge is 0.222 e. The third kappa shape index (κ3) is 2.19. The lowest BCUT2D eigenvalue weighted by Crippen LogP contribution is -2.05. The molecular formula is C9H15N3. The zero-order valence-electron chi connectivity index (χ0n) is 7.89. The fraction of sp³-hybridized carbons (Fsp3) is 0.556. The molecule has 1 heterocycles. The third-order valence-corrected chi connectivity index (χ3v) is 1.76. The SMILES string of the molecule is CCCNc1ncc(C)c(C)n1. The van der Waals surface area contributed by atoms with Gasteiger partial charge in [0.05, 0.1) is 0 Å². The molecule has 3 nitrogen and oxygen atoms in total. The molecule has 66 valence electrons. The summed E-state index contributed by atoms with van der Waals surface area (Å²) in [5, 5.41) is 3.14. The summed E-state index contributed by atoms with van der Waals surface area (Å²) in [7, 11) is 0. The van der Waals surface area contributed by atoms with Gasteiger partial charge in [-0.3, -0.25) is 0 Å². The first-order chi connectivity index (χ1) is 5.74. The van der Waals surface area contributed by atoms with Crippen LogP contribution in [0.15, 0.2) is 6.20 Å². The van der Waals surface area contributed by atoms with Gasteiger partial charge in [-0.15, -0.1) is 0 Å². The molecule has 0 atom stereocenters. The summed E-state index contributed by atoms with van der Waals surface area (Å²) in [6.45, 7) is 7.06. The number of rotatable bonds is 3. The molecule has 0 saturated heterocycles. The second-order valence-electron chi connectivity index (χ2n) is 2.89. The van der Waals surface area contributed by atoms with E-state index in [1.165, 1.54) is 0 Å².